The lowest BCUT2D eigenvalue weighted by Crippen LogP contribution is -2.13. The van der Waals surface area contributed by atoms with Crippen LogP contribution in [-0.2, 0) is 11.4 Å². The number of para-hydroxylation sites is 1. The second kappa shape index (κ2) is 3.53. The number of nitrogens with two attached hydrogens (primary N) is 1. The van der Waals surface area contributed by atoms with Gasteiger partial charge in [-0.05, 0) is 0 Å². The van der Waals surface area contributed by atoms with E-state index < -0.39 is 16.3 Å². The maximum atomic E-state index is 10.8. The first-order valence-corrected chi connectivity index (χ1v) is 4.24. The average molecular weight is 186 g/mol. The summed E-state index contributed by atoms with van der Waals surface area (Å²) in [4.78, 5) is 9.77. The molecule has 2 N–H and O–H groups in total. The van der Waals surface area contributed by atoms with Gasteiger partial charge in [-0.15, -0.1) is 5.14 Å². The maximum absolute atomic E-state index is 10.8. The minimum absolute atomic E-state index is 0.0440. The van der Waals surface area contributed by atoms with Gasteiger partial charge in [0, 0.05) is 12.1 Å². The van der Waals surface area contributed by atoms with E-state index >= 15 is 0 Å². The molecule has 12 heavy (non-hydrogen) atoms. The highest BCUT2D eigenvalue weighted by Crippen LogP contribution is 2.20. The smallest absolute Gasteiger partial charge is 0.325 e. The third-order valence-corrected chi connectivity index (χ3v) is 2.06. The van der Waals surface area contributed by atoms with Gasteiger partial charge in [0.15, 0.2) is 0 Å². The molecule has 0 radical (unpaired) electrons. The average Bonchev–Trinajstić information content (AvgIpc) is 2.04. The first-order valence-electron chi connectivity index (χ1n) is 3.02. The van der Waals surface area contributed by atoms with Gasteiger partial charge in [-0.1, -0.05) is 12.1 Å². The van der Waals surface area contributed by atoms with Crippen molar-refractivity contribution in [3.05, 3.63) is 34.4 Å². The lowest BCUT2D eigenvalue weighted by atomic mass is 10.3. The molecule has 0 aliphatic carbocycles. The molecule has 0 aromatic heterocycles. The molecule has 1 atom stereocenters. The summed E-state index contributed by atoms with van der Waals surface area (Å²) in [6.45, 7) is 0. The predicted molar refractivity (Wildman–Crippen MR) is 43.7 cm³/mol. The summed E-state index contributed by atoms with van der Waals surface area (Å²) in [5, 5.41) is 15.4. The molecule has 0 aliphatic heterocycles. The molecule has 0 heterocycles. The van der Waals surface area contributed by atoms with Crippen LogP contribution in [0.15, 0.2) is 29.2 Å². The van der Waals surface area contributed by atoms with Crippen molar-refractivity contribution < 1.29 is 9.48 Å². The van der Waals surface area contributed by atoms with Crippen LogP contribution < -0.4 is 5.14 Å². The minimum atomic E-state index is -1.80. The van der Waals surface area contributed by atoms with Crippen molar-refractivity contribution in [3.8, 4) is 0 Å². The van der Waals surface area contributed by atoms with E-state index in [1.807, 2.05) is 0 Å². The molecule has 0 saturated heterocycles. The van der Waals surface area contributed by atoms with E-state index in [1.54, 1.807) is 6.07 Å². The van der Waals surface area contributed by atoms with Crippen molar-refractivity contribution in [2.45, 2.75) is 4.90 Å². The van der Waals surface area contributed by atoms with Gasteiger partial charge in [-0.2, -0.15) is 0 Å². The second-order valence-electron chi connectivity index (χ2n) is 2.02. The Kier molecular flexibility index (Phi) is 2.64. The molecule has 1 rings (SSSR count). The number of rotatable bonds is 2. The lowest BCUT2D eigenvalue weighted by Gasteiger charge is -2.01. The van der Waals surface area contributed by atoms with Crippen molar-refractivity contribution in [2.75, 3.05) is 0 Å². The Balaban J connectivity index is 3.17. The number of nitrogens with zero attached hydrogens (tertiary/aromatic N) is 1. The normalized spacial score (nSPS) is 12.5. The Hall–Kier alpha value is -1.11. The van der Waals surface area contributed by atoms with Crippen LogP contribution in [0.2, 0.25) is 0 Å². The van der Waals surface area contributed by atoms with Crippen LogP contribution in [0.5, 0.6) is 0 Å². The highest BCUT2D eigenvalue weighted by atomic mass is 32.2. The van der Waals surface area contributed by atoms with Crippen LogP contribution in [0, 0.1) is 10.1 Å². The monoisotopic (exact) mass is 186 g/mol. The Morgan fingerprint density at radius 3 is 2.42 bits per heavy atom. The third-order valence-electron chi connectivity index (χ3n) is 1.28. The van der Waals surface area contributed by atoms with Gasteiger partial charge in [0.25, 0.3) is 4.90 Å². The molecule has 1 aromatic carbocycles. The Morgan fingerprint density at radius 2 is 2.00 bits per heavy atom. The summed E-state index contributed by atoms with van der Waals surface area (Å²) in [7, 11) is 0. The van der Waals surface area contributed by atoms with Gasteiger partial charge in [0.05, 0.1) is 16.3 Å². The number of nitro benzene ring substituents is 1. The minimum Gasteiger partial charge on any atom is -0.593 e. The van der Waals surface area contributed by atoms with Crippen LogP contribution in [0.25, 0.3) is 0 Å². The summed E-state index contributed by atoms with van der Waals surface area (Å²) in [5.74, 6) is 0. The Labute approximate surface area is 71.7 Å². The quantitative estimate of drug-likeness (QED) is 0.415. The van der Waals surface area contributed by atoms with Gasteiger partial charge in [0.1, 0.15) is 0 Å². The Morgan fingerprint density at radius 1 is 1.42 bits per heavy atom. The number of benzene rings is 1. The van der Waals surface area contributed by atoms with E-state index in [9.17, 15) is 14.7 Å². The van der Waals surface area contributed by atoms with Gasteiger partial charge < -0.3 is 4.55 Å². The Bertz CT molecular complexity index is 303. The van der Waals surface area contributed by atoms with E-state index in [1.165, 1.54) is 18.2 Å². The van der Waals surface area contributed by atoms with Gasteiger partial charge in [0.2, 0.25) is 0 Å². The standard InChI is InChI=1S/C6H6N2O3S/c7-12(11)6-4-2-1-3-5(6)8(9)10/h1-4H,7H2. The molecule has 0 bridgehead atoms. The van der Waals surface area contributed by atoms with Gasteiger partial charge in [-0.3, -0.25) is 10.1 Å². The third kappa shape index (κ3) is 1.73. The molecule has 0 aliphatic rings. The second-order valence-corrected chi connectivity index (χ2v) is 3.06. The van der Waals surface area contributed by atoms with Gasteiger partial charge in [-0.25, -0.2) is 0 Å². The predicted octanol–water partition coefficient (Wildman–Crippen LogP) is 0.576. The number of hydrogen-bond acceptors (Lipinski definition) is 4. The van der Waals surface area contributed by atoms with E-state index in [0.29, 0.717) is 0 Å². The largest absolute Gasteiger partial charge is 0.593 e. The van der Waals surface area contributed by atoms with Crippen LogP contribution in [0.1, 0.15) is 0 Å². The van der Waals surface area contributed by atoms with Gasteiger partial charge >= 0.3 is 5.69 Å². The van der Waals surface area contributed by atoms with Crippen molar-refractivity contribution >= 4 is 17.0 Å². The molecule has 64 valence electrons. The number of hydrogen-bond donors (Lipinski definition) is 1. The lowest BCUT2D eigenvalue weighted by molar-refractivity contribution is -0.387. The summed E-state index contributed by atoms with van der Waals surface area (Å²) < 4.78 is 10.8. The van der Waals surface area contributed by atoms with E-state index in [2.05, 4.69) is 0 Å². The molecule has 0 fully saturated rings. The zero-order valence-corrected chi connectivity index (χ0v) is 6.78. The highest BCUT2D eigenvalue weighted by molar-refractivity contribution is 7.89. The summed E-state index contributed by atoms with van der Waals surface area (Å²) >= 11 is -1.80. The maximum Gasteiger partial charge on any atom is 0.325 e. The molecule has 5 nitrogen and oxygen atoms in total. The topological polar surface area (TPSA) is 92.2 Å². The van der Waals surface area contributed by atoms with E-state index in [-0.39, 0.29) is 10.6 Å². The fourth-order valence-corrected chi connectivity index (χ4v) is 1.34. The first kappa shape index (κ1) is 8.98. The zero-order chi connectivity index (χ0) is 9.14. The van der Waals surface area contributed by atoms with Crippen molar-refractivity contribution in [2.24, 2.45) is 5.14 Å². The summed E-state index contributed by atoms with van der Waals surface area (Å²) in [6.07, 6.45) is 0. The summed E-state index contributed by atoms with van der Waals surface area (Å²) in [5.41, 5.74) is -0.210. The SMILES string of the molecule is N[S+]([O-])c1ccccc1[N+](=O)[O-]. The van der Waals surface area contributed by atoms with Crippen LogP contribution in [0.3, 0.4) is 0 Å². The van der Waals surface area contributed by atoms with E-state index in [4.69, 9.17) is 5.14 Å². The van der Waals surface area contributed by atoms with Crippen LogP contribution in [-0.4, -0.2) is 9.48 Å². The molecule has 0 saturated carbocycles. The molecule has 1 aromatic rings. The molecular weight excluding hydrogens is 180 g/mol. The zero-order valence-electron chi connectivity index (χ0n) is 5.97. The molecule has 1 unspecified atom stereocenters. The van der Waals surface area contributed by atoms with Crippen LogP contribution in [0.4, 0.5) is 5.69 Å². The summed E-state index contributed by atoms with van der Waals surface area (Å²) in [6, 6.07) is 5.68. The highest BCUT2D eigenvalue weighted by Gasteiger charge is 2.20. The fourth-order valence-electron chi connectivity index (χ4n) is 0.778. The number of nitro groups is 1. The molecule has 0 amide bonds. The van der Waals surface area contributed by atoms with E-state index in [0.717, 1.165) is 0 Å². The van der Waals surface area contributed by atoms with Crippen molar-refractivity contribution in [1.82, 2.24) is 0 Å². The van der Waals surface area contributed by atoms with Crippen molar-refractivity contribution in [1.29, 1.82) is 0 Å². The molecule has 0 spiro atoms. The van der Waals surface area contributed by atoms with Crippen molar-refractivity contribution in [3.63, 3.8) is 0 Å². The molecule has 6 heteroatoms. The molecular formula is C6H6N2O3S. The van der Waals surface area contributed by atoms with Crippen LogP contribution >= 0.6 is 0 Å². The fraction of sp³-hybridized carbons (Fsp3) is 0. The first-order chi connectivity index (χ1) is 5.63.